The molecule has 2 saturated carbocycles. The van der Waals surface area contributed by atoms with Crippen LogP contribution >= 0.6 is 12.2 Å². The molecule has 14 heavy (non-hydrogen) atoms. The molecule has 0 heterocycles. The van der Waals surface area contributed by atoms with Crippen molar-refractivity contribution in [1.29, 1.82) is 5.41 Å². The van der Waals surface area contributed by atoms with E-state index < -0.39 is 0 Å². The summed E-state index contributed by atoms with van der Waals surface area (Å²) in [5.74, 6) is 0.864. The van der Waals surface area contributed by atoms with Gasteiger partial charge in [-0.1, -0.05) is 0 Å². The van der Waals surface area contributed by atoms with Crippen LogP contribution in [0.25, 0.3) is 0 Å². The minimum atomic E-state index is -0.341. The normalized spacial score (nSPS) is 34.1. The summed E-state index contributed by atoms with van der Waals surface area (Å²) in [4.78, 5) is 0. The van der Waals surface area contributed by atoms with Crippen molar-refractivity contribution in [2.24, 2.45) is 11.7 Å². The van der Waals surface area contributed by atoms with E-state index in [4.69, 9.17) is 28.1 Å². The summed E-state index contributed by atoms with van der Waals surface area (Å²) < 4.78 is 4.84. The second-order valence-corrected chi connectivity index (χ2v) is 4.68. The molecule has 2 aliphatic carbocycles. The van der Waals surface area contributed by atoms with E-state index >= 15 is 0 Å². The van der Waals surface area contributed by atoms with Crippen molar-refractivity contribution in [3.63, 3.8) is 0 Å². The van der Waals surface area contributed by atoms with Crippen LogP contribution in [0.15, 0.2) is 0 Å². The SMILES string of the molecule is N=C(N)OC(=S)NC12CCC(CC1)C2. The summed E-state index contributed by atoms with van der Waals surface area (Å²) >= 11 is 4.97. The summed E-state index contributed by atoms with van der Waals surface area (Å²) in [6.45, 7) is 0. The Kier molecular flexibility index (Phi) is 2.34. The number of rotatable bonds is 1. The van der Waals surface area contributed by atoms with Crippen molar-refractivity contribution in [2.75, 3.05) is 0 Å². The molecule has 0 radical (unpaired) electrons. The van der Waals surface area contributed by atoms with Gasteiger partial charge in [0.25, 0.3) is 11.2 Å². The second kappa shape index (κ2) is 3.38. The van der Waals surface area contributed by atoms with Gasteiger partial charge in [0.05, 0.1) is 0 Å². The lowest BCUT2D eigenvalue weighted by molar-refractivity contribution is 0.354. The molecule has 0 saturated heterocycles. The quantitative estimate of drug-likeness (QED) is 0.346. The molecule has 0 aromatic rings. The predicted molar refractivity (Wildman–Crippen MR) is 58.0 cm³/mol. The zero-order valence-electron chi connectivity index (χ0n) is 8.01. The molecule has 0 spiro atoms. The van der Waals surface area contributed by atoms with Gasteiger partial charge in [-0.3, -0.25) is 5.41 Å². The molecule has 0 amide bonds. The van der Waals surface area contributed by atoms with Crippen molar-refractivity contribution in [2.45, 2.75) is 37.6 Å². The van der Waals surface area contributed by atoms with Crippen molar-refractivity contribution >= 4 is 23.4 Å². The Morgan fingerprint density at radius 2 is 2.14 bits per heavy atom. The number of nitrogens with two attached hydrogens (primary N) is 1. The first-order valence-corrected chi connectivity index (χ1v) is 5.34. The molecule has 78 valence electrons. The Morgan fingerprint density at radius 3 is 2.57 bits per heavy atom. The lowest BCUT2D eigenvalue weighted by Gasteiger charge is -2.28. The third-order valence-electron chi connectivity index (χ3n) is 3.31. The molecule has 5 heteroatoms. The van der Waals surface area contributed by atoms with E-state index in [-0.39, 0.29) is 16.7 Å². The molecule has 0 unspecified atom stereocenters. The molecular weight excluding hydrogens is 198 g/mol. The van der Waals surface area contributed by atoms with Gasteiger partial charge in [-0.2, -0.15) is 0 Å². The smallest absolute Gasteiger partial charge is 0.286 e. The van der Waals surface area contributed by atoms with Crippen LogP contribution in [0.5, 0.6) is 0 Å². The van der Waals surface area contributed by atoms with Crippen LogP contribution in [-0.4, -0.2) is 16.7 Å². The largest absolute Gasteiger partial charge is 0.399 e. The first-order valence-electron chi connectivity index (χ1n) is 4.94. The summed E-state index contributed by atoms with van der Waals surface area (Å²) in [6, 6.07) is -0.341. The Balaban J connectivity index is 1.90. The Labute approximate surface area is 88.7 Å². The van der Waals surface area contributed by atoms with E-state index in [1.807, 2.05) is 0 Å². The maximum absolute atomic E-state index is 6.96. The van der Waals surface area contributed by atoms with Crippen molar-refractivity contribution in [1.82, 2.24) is 5.32 Å². The summed E-state index contributed by atoms with van der Waals surface area (Å²) in [7, 11) is 0. The topological polar surface area (TPSA) is 71.1 Å². The van der Waals surface area contributed by atoms with Crippen LogP contribution in [0.1, 0.15) is 32.1 Å². The lowest BCUT2D eigenvalue weighted by atomic mass is 9.94. The van der Waals surface area contributed by atoms with E-state index in [1.165, 1.54) is 32.1 Å². The number of hydrogen-bond donors (Lipinski definition) is 3. The maximum Gasteiger partial charge on any atom is 0.286 e. The molecule has 0 aromatic carbocycles. The van der Waals surface area contributed by atoms with Gasteiger partial charge in [0, 0.05) is 5.54 Å². The van der Waals surface area contributed by atoms with Crippen LogP contribution in [0, 0.1) is 11.3 Å². The second-order valence-electron chi connectivity index (χ2n) is 4.31. The van der Waals surface area contributed by atoms with Gasteiger partial charge < -0.3 is 15.8 Å². The molecule has 0 aromatic heterocycles. The van der Waals surface area contributed by atoms with E-state index in [0.29, 0.717) is 0 Å². The zero-order chi connectivity index (χ0) is 10.2. The number of fused-ring (bicyclic) bond motifs is 2. The third kappa shape index (κ3) is 1.82. The van der Waals surface area contributed by atoms with Crippen molar-refractivity contribution in [3.05, 3.63) is 0 Å². The molecule has 2 fully saturated rings. The van der Waals surface area contributed by atoms with E-state index in [1.54, 1.807) is 0 Å². The number of hydrogen-bond acceptors (Lipinski definition) is 3. The average molecular weight is 213 g/mol. The van der Waals surface area contributed by atoms with Crippen LogP contribution < -0.4 is 11.1 Å². The molecule has 4 N–H and O–H groups in total. The molecule has 4 nitrogen and oxygen atoms in total. The van der Waals surface area contributed by atoms with Gasteiger partial charge in [0.2, 0.25) is 0 Å². The molecule has 0 atom stereocenters. The number of ether oxygens (including phenoxy) is 1. The average Bonchev–Trinajstić information content (AvgIpc) is 2.60. The van der Waals surface area contributed by atoms with Gasteiger partial charge in [-0.25, -0.2) is 0 Å². The monoisotopic (exact) mass is 213 g/mol. The van der Waals surface area contributed by atoms with Gasteiger partial charge >= 0.3 is 0 Å². The fourth-order valence-electron chi connectivity index (χ4n) is 2.71. The Hall–Kier alpha value is -0.840. The van der Waals surface area contributed by atoms with Gasteiger partial charge in [0.1, 0.15) is 0 Å². The predicted octanol–water partition coefficient (Wildman–Crippen LogP) is 1.10. The highest BCUT2D eigenvalue weighted by molar-refractivity contribution is 7.80. The third-order valence-corrected chi connectivity index (χ3v) is 3.50. The minimum absolute atomic E-state index is 0.150. The van der Waals surface area contributed by atoms with Gasteiger partial charge in [0.15, 0.2) is 0 Å². The van der Waals surface area contributed by atoms with Crippen LogP contribution in [0.3, 0.4) is 0 Å². The first kappa shape index (κ1) is 9.71. The maximum atomic E-state index is 6.96. The van der Waals surface area contributed by atoms with Crippen LogP contribution in [-0.2, 0) is 4.74 Å². The number of nitrogens with one attached hydrogen (secondary N) is 2. The fourth-order valence-corrected chi connectivity index (χ4v) is 3.02. The van der Waals surface area contributed by atoms with Gasteiger partial charge in [-0.05, 0) is 50.2 Å². The Morgan fingerprint density at radius 1 is 1.50 bits per heavy atom. The Bertz CT molecular complexity index is 271. The highest BCUT2D eigenvalue weighted by Gasteiger charge is 2.45. The summed E-state index contributed by atoms with van der Waals surface area (Å²) in [5, 5.41) is 10.4. The standard InChI is InChI=1S/C9H15N3OS/c10-7(11)13-8(14)12-9-3-1-6(5-9)2-4-9/h6H,1-5H2,(H3,10,11)(H,12,14). The van der Waals surface area contributed by atoms with Gasteiger partial charge in [-0.15, -0.1) is 0 Å². The van der Waals surface area contributed by atoms with E-state index in [2.05, 4.69) is 5.32 Å². The minimum Gasteiger partial charge on any atom is -0.399 e. The highest BCUT2D eigenvalue weighted by atomic mass is 32.1. The van der Waals surface area contributed by atoms with Crippen molar-refractivity contribution < 1.29 is 4.74 Å². The first-order chi connectivity index (χ1) is 6.60. The van der Waals surface area contributed by atoms with Crippen molar-refractivity contribution in [3.8, 4) is 0 Å². The van der Waals surface area contributed by atoms with Crippen LogP contribution in [0.4, 0.5) is 0 Å². The lowest BCUT2D eigenvalue weighted by Crippen LogP contribution is -2.46. The summed E-state index contributed by atoms with van der Waals surface area (Å²) in [6.07, 6.45) is 6.10. The summed E-state index contributed by atoms with van der Waals surface area (Å²) in [5.41, 5.74) is 5.25. The van der Waals surface area contributed by atoms with E-state index in [0.717, 1.165) is 5.92 Å². The molecular formula is C9H15N3OS. The number of thiocarbonyl (C=S) groups is 1. The molecule has 0 aliphatic heterocycles. The fraction of sp³-hybridized carbons (Fsp3) is 0.778. The van der Waals surface area contributed by atoms with E-state index in [9.17, 15) is 0 Å². The zero-order valence-corrected chi connectivity index (χ0v) is 8.82. The van der Waals surface area contributed by atoms with Crippen LogP contribution in [0.2, 0.25) is 0 Å². The molecule has 2 bridgehead atoms. The molecule has 2 aliphatic rings. The number of amidine groups is 1. The highest BCUT2D eigenvalue weighted by Crippen LogP contribution is 2.47. The molecule has 2 rings (SSSR count).